The van der Waals surface area contributed by atoms with Gasteiger partial charge in [0.05, 0.1) is 5.75 Å². The molecule has 1 aromatic heterocycles. The molecule has 0 radical (unpaired) electrons. The fourth-order valence-electron chi connectivity index (χ4n) is 1.76. The van der Waals surface area contributed by atoms with Gasteiger partial charge in [0, 0.05) is 25.0 Å². The molecule has 0 saturated heterocycles. The monoisotopic (exact) mass is 390 g/mol. The molecular weight excluding hydrogens is 372 g/mol. The van der Waals surface area contributed by atoms with Crippen LogP contribution in [0.15, 0.2) is 35.7 Å². The highest BCUT2D eigenvalue weighted by Crippen LogP contribution is 2.08. The van der Waals surface area contributed by atoms with E-state index >= 15 is 0 Å². The molecule has 132 valence electrons. The van der Waals surface area contributed by atoms with Gasteiger partial charge in [-0.15, -0.1) is 23.7 Å². The minimum atomic E-state index is -3.46. The minimum Gasteiger partial charge on any atom is -0.350 e. The summed E-state index contributed by atoms with van der Waals surface area (Å²) in [5.41, 5.74) is 6.56. The average Bonchev–Trinajstić information content (AvgIpc) is 3.03. The Morgan fingerprint density at radius 1 is 1.25 bits per heavy atom. The zero-order valence-electron chi connectivity index (χ0n) is 12.8. The van der Waals surface area contributed by atoms with Crippen molar-refractivity contribution in [1.82, 2.24) is 15.0 Å². The molecule has 7 nitrogen and oxygen atoms in total. The van der Waals surface area contributed by atoms with Crippen molar-refractivity contribution >= 4 is 39.7 Å². The third-order valence-corrected chi connectivity index (χ3v) is 5.15. The molecular formula is C14H19ClN4O3S2. The number of nitrogens with one attached hydrogen (secondary N) is 2. The van der Waals surface area contributed by atoms with Gasteiger partial charge in [-0.1, -0.05) is 30.3 Å². The van der Waals surface area contributed by atoms with Crippen molar-refractivity contribution < 1.29 is 13.2 Å². The van der Waals surface area contributed by atoms with E-state index in [2.05, 4.69) is 15.0 Å². The predicted octanol–water partition coefficient (Wildman–Crippen LogP) is 0.873. The van der Waals surface area contributed by atoms with Crippen LogP contribution in [0.1, 0.15) is 21.1 Å². The van der Waals surface area contributed by atoms with Crippen LogP contribution in [-0.4, -0.2) is 31.6 Å². The third-order valence-electron chi connectivity index (χ3n) is 2.95. The van der Waals surface area contributed by atoms with E-state index in [1.165, 1.54) is 11.3 Å². The summed E-state index contributed by atoms with van der Waals surface area (Å²) in [6.45, 7) is 0.511. The van der Waals surface area contributed by atoms with Gasteiger partial charge in [-0.05, 0) is 5.56 Å². The molecule has 4 N–H and O–H groups in total. The van der Waals surface area contributed by atoms with Crippen LogP contribution in [0.25, 0.3) is 0 Å². The zero-order valence-corrected chi connectivity index (χ0v) is 15.2. The van der Waals surface area contributed by atoms with Crippen molar-refractivity contribution in [2.24, 2.45) is 5.73 Å². The number of nitrogens with zero attached hydrogens (tertiary/aromatic N) is 1. The van der Waals surface area contributed by atoms with Gasteiger partial charge in [0.2, 0.25) is 10.0 Å². The second-order valence-corrected chi connectivity index (χ2v) is 7.58. The number of sulfonamides is 1. The van der Waals surface area contributed by atoms with Crippen LogP contribution in [0, 0.1) is 0 Å². The summed E-state index contributed by atoms with van der Waals surface area (Å²) in [5, 5.41) is 4.79. The summed E-state index contributed by atoms with van der Waals surface area (Å²) in [6, 6.07) is 9.21. The Morgan fingerprint density at radius 3 is 2.58 bits per heavy atom. The highest BCUT2D eigenvalue weighted by atomic mass is 35.5. The first-order valence-corrected chi connectivity index (χ1v) is 9.47. The highest BCUT2D eigenvalue weighted by molar-refractivity contribution is 7.89. The molecule has 0 aliphatic heterocycles. The Kier molecular flexibility index (Phi) is 8.29. The number of rotatable bonds is 8. The number of carbonyl (C=O) groups excluding carboxylic acids is 1. The van der Waals surface area contributed by atoms with E-state index in [1.54, 1.807) is 5.38 Å². The van der Waals surface area contributed by atoms with Crippen LogP contribution in [0.5, 0.6) is 0 Å². The van der Waals surface area contributed by atoms with Gasteiger partial charge in [-0.25, -0.2) is 18.1 Å². The Bertz CT molecular complexity index is 750. The topological polar surface area (TPSA) is 114 Å². The molecule has 1 heterocycles. The standard InChI is InChI=1S/C14H18N4O3S2.ClH/c15-8-13-18-12(10-22-13)14(19)16-6-7-23(20,21)17-9-11-4-2-1-3-5-11;/h1-5,10,17H,6-9,15H2,(H,16,19);1H. The minimum absolute atomic E-state index is 0. The largest absolute Gasteiger partial charge is 0.350 e. The van der Waals surface area contributed by atoms with Crippen molar-refractivity contribution in [2.45, 2.75) is 13.1 Å². The number of carbonyl (C=O) groups is 1. The molecule has 0 aliphatic carbocycles. The van der Waals surface area contributed by atoms with Crippen LogP contribution in [0.3, 0.4) is 0 Å². The maximum absolute atomic E-state index is 11.9. The second-order valence-electron chi connectivity index (χ2n) is 4.71. The summed E-state index contributed by atoms with van der Waals surface area (Å²) in [7, 11) is -3.46. The molecule has 0 atom stereocenters. The van der Waals surface area contributed by atoms with Crippen molar-refractivity contribution in [3.05, 3.63) is 52.0 Å². The third kappa shape index (κ3) is 6.54. The zero-order chi connectivity index (χ0) is 16.7. The number of thiazole rings is 1. The molecule has 0 spiro atoms. The van der Waals surface area contributed by atoms with E-state index in [9.17, 15) is 13.2 Å². The van der Waals surface area contributed by atoms with E-state index in [0.717, 1.165) is 5.56 Å². The fraction of sp³-hybridized carbons (Fsp3) is 0.286. The number of amides is 1. The average molecular weight is 391 g/mol. The quantitative estimate of drug-likeness (QED) is 0.618. The Balaban J connectivity index is 0.00000288. The number of benzene rings is 1. The van der Waals surface area contributed by atoms with E-state index in [4.69, 9.17) is 5.73 Å². The molecule has 0 saturated carbocycles. The van der Waals surface area contributed by atoms with Crippen molar-refractivity contribution in [3.63, 3.8) is 0 Å². The fourth-order valence-corrected chi connectivity index (χ4v) is 3.32. The van der Waals surface area contributed by atoms with Gasteiger partial charge >= 0.3 is 0 Å². The lowest BCUT2D eigenvalue weighted by atomic mass is 10.2. The molecule has 0 bridgehead atoms. The van der Waals surface area contributed by atoms with Crippen LogP contribution in [0.4, 0.5) is 0 Å². The van der Waals surface area contributed by atoms with Gasteiger partial charge in [0.15, 0.2) is 0 Å². The molecule has 0 aliphatic rings. The van der Waals surface area contributed by atoms with Crippen LogP contribution >= 0.6 is 23.7 Å². The maximum Gasteiger partial charge on any atom is 0.270 e. The number of aromatic nitrogens is 1. The number of nitrogens with two attached hydrogens (primary N) is 1. The van der Waals surface area contributed by atoms with Crippen LogP contribution in [0.2, 0.25) is 0 Å². The van der Waals surface area contributed by atoms with Gasteiger partial charge in [-0.2, -0.15) is 0 Å². The summed E-state index contributed by atoms with van der Waals surface area (Å²) in [6.07, 6.45) is 0. The first kappa shape index (κ1) is 20.5. The summed E-state index contributed by atoms with van der Waals surface area (Å²) in [4.78, 5) is 15.9. The Morgan fingerprint density at radius 2 is 1.96 bits per heavy atom. The molecule has 1 amide bonds. The lowest BCUT2D eigenvalue weighted by Gasteiger charge is -2.07. The van der Waals surface area contributed by atoms with Gasteiger partial charge in [0.25, 0.3) is 5.91 Å². The van der Waals surface area contributed by atoms with Crippen molar-refractivity contribution in [3.8, 4) is 0 Å². The normalized spacial score (nSPS) is 10.9. The molecule has 2 aromatic rings. The summed E-state index contributed by atoms with van der Waals surface area (Å²) >= 11 is 1.30. The predicted molar refractivity (Wildman–Crippen MR) is 96.7 cm³/mol. The molecule has 0 unspecified atom stereocenters. The molecule has 24 heavy (non-hydrogen) atoms. The molecule has 0 fully saturated rings. The van der Waals surface area contributed by atoms with Gasteiger partial charge in [-0.3, -0.25) is 4.79 Å². The van der Waals surface area contributed by atoms with E-state index in [-0.39, 0.29) is 43.5 Å². The Labute approximate surface area is 151 Å². The number of hydrogen-bond donors (Lipinski definition) is 3. The molecule has 10 heteroatoms. The summed E-state index contributed by atoms with van der Waals surface area (Å²) in [5.74, 6) is -0.598. The first-order chi connectivity index (χ1) is 11.0. The highest BCUT2D eigenvalue weighted by Gasteiger charge is 2.13. The molecule has 2 rings (SSSR count). The number of hydrogen-bond acceptors (Lipinski definition) is 6. The SMILES string of the molecule is Cl.NCc1nc(C(=O)NCCS(=O)(=O)NCc2ccccc2)cs1. The number of halogens is 1. The van der Waals surface area contributed by atoms with E-state index in [1.807, 2.05) is 30.3 Å². The van der Waals surface area contributed by atoms with Crippen molar-refractivity contribution in [1.29, 1.82) is 0 Å². The van der Waals surface area contributed by atoms with Crippen LogP contribution < -0.4 is 15.8 Å². The van der Waals surface area contributed by atoms with E-state index < -0.39 is 15.9 Å². The Hall–Kier alpha value is -1.52. The first-order valence-electron chi connectivity index (χ1n) is 6.94. The second kappa shape index (κ2) is 9.70. The van der Waals surface area contributed by atoms with E-state index in [0.29, 0.717) is 5.01 Å². The van der Waals surface area contributed by atoms with Crippen LogP contribution in [-0.2, 0) is 23.1 Å². The smallest absolute Gasteiger partial charge is 0.270 e. The summed E-state index contributed by atoms with van der Waals surface area (Å²) < 4.78 is 26.3. The van der Waals surface area contributed by atoms with Crippen molar-refractivity contribution in [2.75, 3.05) is 12.3 Å². The lowest BCUT2D eigenvalue weighted by Crippen LogP contribution is -2.34. The molecule has 1 aromatic carbocycles. The lowest BCUT2D eigenvalue weighted by molar-refractivity contribution is 0.0951. The van der Waals surface area contributed by atoms with Gasteiger partial charge < -0.3 is 11.1 Å². The maximum atomic E-state index is 11.9. The van der Waals surface area contributed by atoms with Gasteiger partial charge in [0.1, 0.15) is 10.7 Å².